The van der Waals surface area contributed by atoms with Crippen molar-refractivity contribution in [3.05, 3.63) is 65.3 Å². The van der Waals surface area contributed by atoms with E-state index in [2.05, 4.69) is 0 Å². The molecule has 0 unspecified atom stereocenters. The number of nitrogens with zero attached hydrogens (tertiary/aromatic N) is 1. The third-order valence-corrected chi connectivity index (χ3v) is 4.84. The van der Waals surface area contributed by atoms with Gasteiger partial charge >= 0.3 is 0 Å². The van der Waals surface area contributed by atoms with Crippen LogP contribution in [-0.4, -0.2) is 13.0 Å². The van der Waals surface area contributed by atoms with Crippen LogP contribution in [0.5, 0.6) is 0 Å². The molecule has 0 N–H and O–H groups in total. The van der Waals surface area contributed by atoms with E-state index in [0.29, 0.717) is 17.0 Å². The van der Waals surface area contributed by atoms with Gasteiger partial charge in [0, 0.05) is 39.3 Å². The smallest absolute Gasteiger partial charge is 0.263 e. The van der Waals surface area contributed by atoms with Gasteiger partial charge in [-0.3, -0.25) is 0 Å². The number of hydrogen-bond donors (Lipinski definition) is 0. The molecule has 3 aromatic rings. The lowest BCUT2D eigenvalue weighted by Gasteiger charge is -2.05. The van der Waals surface area contributed by atoms with E-state index in [1.54, 1.807) is 24.4 Å². The lowest BCUT2D eigenvalue weighted by atomic mass is 10.2. The Hall–Kier alpha value is -1.49. The van der Waals surface area contributed by atoms with Gasteiger partial charge in [0.2, 0.25) is 0 Å². The highest BCUT2D eigenvalue weighted by atomic mass is 35.7. The summed E-state index contributed by atoms with van der Waals surface area (Å²) in [5.74, 6) is 0. The molecule has 3 nitrogen and oxygen atoms in total. The first-order valence-electron chi connectivity index (χ1n) is 6.22. The molecule has 0 aliphatic rings. The van der Waals surface area contributed by atoms with Crippen molar-refractivity contribution in [2.75, 3.05) is 0 Å². The topological polar surface area (TPSA) is 39.1 Å². The maximum absolute atomic E-state index is 11.7. The summed E-state index contributed by atoms with van der Waals surface area (Å²) in [7, 11) is 1.73. The predicted octanol–water partition coefficient (Wildman–Crippen LogP) is 4.27. The normalized spacial score (nSPS) is 11.9. The van der Waals surface area contributed by atoms with Gasteiger partial charge in [0.05, 0.1) is 0 Å². The largest absolute Gasteiger partial charge is 0.342 e. The average Bonchev–Trinajstić information content (AvgIpc) is 2.78. The Balaban J connectivity index is 2.15. The van der Waals surface area contributed by atoms with Crippen LogP contribution in [0.25, 0.3) is 10.9 Å². The number of halogens is 2. The van der Waals surface area contributed by atoms with E-state index >= 15 is 0 Å². The average molecular weight is 340 g/mol. The monoisotopic (exact) mass is 339 g/mol. The van der Waals surface area contributed by atoms with Crippen molar-refractivity contribution in [2.45, 2.75) is 11.4 Å². The third-order valence-electron chi connectivity index (χ3n) is 3.26. The minimum Gasteiger partial charge on any atom is -0.342 e. The summed E-state index contributed by atoms with van der Waals surface area (Å²) in [4.78, 5) is 0.127. The lowest BCUT2D eigenvalue weighted by molar-refractivity contribution is 0.610. The minimum absolute atomic E-state index is 0.127. The van der Waals surface area contributed by atoms with Crippen LogP contribution in [-0.2, 0) is 15.6 Å². The number of hydrogen-bond acceptors (Lipinski definition) is 2. The van der Waals surface area contributed by atoms with Crippen molar-refractivity contribution in [1.29, 1.82) is 0 Å². The van der Waals surface area contributed by atoms with Gasteiger partial charge in [-0.05, 0) is 23.8 Å². The minimum atomic E-state index is -3.78. The van der Waals surface area contributed by atoms with Crippen LogP contribution in [0.15, 0.2) is 59.6 Å². The van der Waals surface area contributed by atoms with Crippen molar-refractivity contribution in [2.24, 2.45) is 0 Å². The van der Waals surface area contributed by atoms with Gasteiger partial charge in [-0.25, -0.2) is 8.42 Å². The van der Waals surface area contributed by atoms with E-state index in [-0.39, 0.29) is 4.90 Å². The number of aromatic nitrogens is 1. The zero-order chi connectivity index (χ0) is 15.0. The summed E-state index contributed by atoms with van der Waals surface area (Å²) in [5, 5.41) is 1.27. The van der Waals surface area contributed by atoms with Crippen molar-refractivity contribution < 1.29 is 8.42 Å². The third kappa shape index (κ3) is 2.93. The second kappa shape index (κ2) is 5.37. The van der Waals surface area contributed by atoms with Crippen molar-refractivity contribution >= 4 is 42.2 Å². The number of rotatable bonds is 3. The number of fused-ring (bicyclic) bond motifs is 1. The van der Waals surface area contributed by atoms with Gasteiger partial charge < -0.3 is 4.57 Å². The van der Waals surface area contributed by atoms with E-state index in [1.807, 2.05) is 34.9 Å². The SMILES string of the molecule is O=S(=O)(Cl)c1cn(Cc2cccc(Cl)c2)c2ccccc12. The first kappa shape index (κ1) is 14.4. The Bertz CT molecular complexity index is 916. The molecule has 0 fully saturated rings. The van der Waals surface area contributed by atoms with Crippen molar-refractivity contribution in [3.63, 3.8) is 0 Å². The van der Waals surface area contributed by atoms with Gasteiger partial charge in [0.25, 0.3) is 9.05 Å². The Kier molecular flexibility index (Phi) is 3.69. The summed E-state index contributed by atoms with van der Waals surface area (Å²) in [6.07, 6.45) is 1.56. The highest BCUT2D eigenvalue weighted by molar-refractivity contribution is 8.14. The highest BCUT2D eigenvalue weighted by Crippen LogP contribution is 2.28. The summed E-state index contributed by atoms with van der Waals surface area (Å²) in [5.41, 5.74) is 1.80. The van der Waals surface area contributed by atoms with Gasteiger partial charge in [-0.15, -0.1) is 0 Å². The summed E-state index contributed by atoms with van der Waals surface area (Å²) in [6, 6.07) is 14.7. The lowest BCUT2D eigenvalue weighted by Crippen LogP contribution is -1.97. The fraction of sp³-hybridized carbons (Fsp3) is 0.0667. The molecule has 6 heteroatoms. The maximum atomic E-state index is 11.7. The molecule has 0 aliphatic carbocycles. The molecule has 0 radical (unpaired) electrons. The number of para-hydroxylation sites is 1. The molecule has 3 rings (SSSR count). The molecule has 0 aliphatic heterocycles. The van der Waals surface area contributed by atoms with Gasteiger partial charge in [0.15, 0.2) is 0 Å². The van der Waals surface area contributed by atoms with Crippen LogP contribution >= 0.6 is 22.3 Å². The fourth-order valence-corrected chi connectivity index (χ4v) is 3.64. The van der Waals surface area contributed by atoms with Gasteiger partial charge in [-0.2, -0.15) is 0 Å². The zero-order valence-corrected chi connectivity index (χ0v) is 13.2. The van der Waals surface area contributed by atoms with Gasteiger partial charge in [0.1, 0.15) is 4.90 Å². The first-order valence-corrected chi connectivity index (χ1v) is 8.91. The standard InChI is InChI=1S/C15H11Cl2NO2S/c16-12-5-3-4-11(8-12)9-18-10-15(21(17,19)20)13-6-1-2-7-14(13)18/h1-8,10H,9H2. The maximum Gasteiger partial charge on any atom is 0.263 e. The van der Waals surface area contributed by atoms with E-state index in [0.717, 1.165) is 11.1 Å². The van der Waals surface area contributed by atoms with Crippen molar-refractivity contribution in [1.82, 2.24) is 4.57 Å². The molecular weight excluding hydrogens is 329 g/mol. The Morgan fingerprint density at radius 1 is 1.05 bits per heavy atom. The quantitative estimate of drug-likeness (QED) is 0.668. The van der Waals surface area contributed by atoms with E-state index < -0.39 is 9.05 Å². The molecule has 0 atom stereocenters. The second-order valence-corrected chi connectivity index (χ2v) is 7.68. The molecule has 0 spiro atoms. The van der Waals surface area contributed by atoms with E-state index in [4.69, 9.17) is 22.3 Å². The molecule has 0 amide bonds. The van der Waals surface area contributed by atoms with Crippen molar-refractivity contribution in [3.8, 4) is 0 Å². The Labute approximate surface area is 132 Å². The number of benzene rings is 2. The Morgan fingerprint density at radius 3 is 2.52 bits per heavy atom. The molecule has 2 aromatic carbocycles. The molecule has 0 saturated heterocycles. The summed E-state index contributed by atoms with van der Waals surface area (Å²) < 4.78 is 25.3. The summed E-state index contributed by atoms with van der Waals surface area (Å²) >= 11 is 5.98. The predicted molar refractivity (Wildman–Crippen MR) is 85.5 cm³/mol. The van der Waals surface area contributed by atoms with Crippen LogP contribution in [0.2, 0.25) is 5.02 Å². The van der Waals surface area contributed by atoms with Gasteiger partial charge in [-0.1, -0.05) is 41.9 Å². The molecule has 0 bridgehead atoms. The highest BCUT2D eigenvalue weighted by Gasteiger charge is 2.18. The van der Waals surface area contributed by atoms with Crippen LogP contribution in [0, 0.1) is 0 Å². The molecule has 0 saturated carbocycles. The molecule has 1 heterocycles. The molecule has 21 heavy (non-hydrogen) atoms. The fourth-order valence-electron chi connectivity index (χ4n) is 2.37. The second-order valence-electron chi connectivity index (χ2n) is 4.71. The Morgan fingerprint density at radius 2 is 1.81 bits per heavy atom. The van der Waals surface area contributed by atoms with Crippen LogP contribution in [0.1, 0.15) is 5.56 Å². The summed E-state index contributed by atoms with van der Waals surface area (Å²) in [6.45, 7) is 0.521. The van der Waals surface area contributed by atoms with Crippen LogP contribution in [0.4, 0.5) is 0 Å². The van der Waals surface area contributed by atoms with E-state index in [9.17, 15) is 8.42 Å². The van der Waals surface area contributed by atoms with Crippen LogP contribution in [0.3, 0.4) is 0 Å². The van der Waals surface area contributed by atoms with Crippen LogP contribution < -0.4 is 0 Å². The first-order chi connectivity index (χ1) is 9.95. The van der Waals surface area contributed by atoms with E-state index in [1.165, 1.54) is 0 Å². The molecular formula is C15H11Cl2NO2S. The molecule has 1 aromatic heterocycles. The zero-order valence-electron chi connectivity index (χ0n) is 10.8. The molecule has 108 valence electrons.